The molecule has 0 aromatic heterocycles. The maximum atomic E-state index is 5.96. The number of allylic oxidation sites excluding steroid dienone is 2. The van der Waals surface area contributed by atoms with Crippen LogP contribution in [0.5, 0.6) is 0 Å². The molecule has 2 aliphatic rings. The van der Waals surface area contributed by atoms with Crippen molar-refractivity contribution in [3.63, 3.8) is 0 Å². The summed E-state index contributed by atoms with van der Waals surface area (Å²) in [4.78, 5) is 2.38. The quantitative estimate of drug-likeness (QED) is 0.529. The van der Waals surface area contributed by atoms with E-state index >= 15 is 0 Å². The maximum absolute atomic E-state index is 5.96. The van der Waals surface area contributed by atoms with Crippen LogP contribution >= 0.6 is 11.6 Å². The zero-order valence-corrected chi connectivity index (χ0v) is 13.2. The van der Waals surface area contributed by atoms with Crippen LogP contribution in [0.1, 0.15) is 18.4 Å². The maximum Gasteiger partial charge on any atom is 0.0642 e. The van der Waals surface area contributed by atoms with Crippen molar-refractivity contribution in [2.75, 3.05) is 26.3 Å². The van der Waals surface area contributed by atoms with Crippen LogP contribution in [0.2, 0.25) is 5.02 Å². The first-order chi connectivity index (χ1) is 10.8. The Bertz CT molecular complexity index is 613. The molecular formula is C17H20ClN3O. The van der Waals surface area contributed by atoms with Gasteiger partial charge in [0, 0.05) is 23.8 Å². The largest absolute Gasteiger partial charge is 0.378 e. The standard InChI is InChI=1S/C17H20ClN3O/c18-16-5-1-13(2-6-16)11-14-3-4-15(12-20-19)17(14)21-7-9-22-10-8-21/h1-2,5-6,11-12H,3-4,7-10,19H2/b14-11-,20-12+. The van der Waals surface area contributed by atoms with Crippen LogP contribution in [0, 0.1) is 0 Å². The highest BCUT2D eigenvalue weighted by Crippen LogP contribution is 2.35. The van der Waals surface area contributed by atoms with Gasteiger partial charge in [-0.05, 0) is 47.8 Å². The Morgan fingerprint density at radius 2 is 1.86 bits per heavy atom. The first-order valence-corrected chi connectivity index (χ1v) is 7.91. The minimum Gasteiger partial charge on any atom is -0.378 e. The van der Waals surface area contributed by atoms with E-state index in [9.17, 15) is 0 Å². The van der Waals surface area contributed by atoms with E-state index in [1.165, 1.54) is 16.8 Å². The highest BCUT2D eigenvalue weighted by atomic mass is 35.5. The molecule has 1 aliphatic heterocycles. The second kappa shape index (κ2) is 6.99. The second-order valence-electron chi connectivity index (χ2n) is 5.47. The lowest BCUT2D eigenvalue weighted by molar-refractivity contribution is 0.0548. The second-order valence-corrected chi connectivity index (χ2v) is 5.91. The van der Waals surface area contributed by atoms with E-state index < -0.39 is 0 Å². The van der Waals surface area contributed by atoms with Gasteiger partial charge < -0.3 is 15.5 Å². The van der Waals surface area contributed by atoms with Crippen molar-refractivity contribution in [2.24, 2.45) is 10.9 Å². The van der Waals surface area contributed by atoms with Crippen LogP contribution in [0.3, 0.4) is 0 Å². The Hall–Kier alpha value is -1.78. The minimum absolute atomic E-state index is 0.758. The van der Waals surface area contributed by atoms with Crippen LogP contribution in [0.4, 0.5) is 0 Å². The predicted molar refractivity (Wildman–Crippen MR) is 90.8 cm³/mol. The Balaban J connectivity index is 1.93. The van der Waals surface area contributed by atoms with Gasteiger partial charge in [0.2, 0.25) is 0 Å². The van der Waals surface area contributed by atoms with Gasteiger partial charge in [0.15, 0.2) is 0 Å². The lowest BCUT2D eigenvalue weighted by Crippen LogP contribution is -2.36. The van der Waals surface area contributed by atoms with Crippen molar-refractivity contribution in [2.45, 2.75) is 12.8 Å². The van der Waals surface area contributed by atoms with Gasteiger partial charge in [-0.3, -0.25) is 0 Å². The third kappa shape index (κ3) is 3.34. The molecule has 1 fully saturated rings. The number of hydrogen-bond donors (Lipinski definition) is 1. The van der Waals surface area contributed by atoms with Crippen molar-refractivity contribution in [3.8, 4) is 0 Å². The molecule has 0 spiro atoms. The Labute approximate surface area is 135 Å². The van der Waals surface area contributed by atoms with E-state index in [1.807, 2.05) is 24.3 Å². The number of nitrogens with zero attached hydrogens (tertiary/aromatic N) is 2. The Morgan fingerprint density at radius 3 is 2.55 bits per heavy atom. The molecule has 0 atom stereocenters. The van der Waals surface area contributed by atoms with Gasteiger partial charge >= 0.3 is 0 Å². The molecular weight excluding hydrogens is 298 g/mol. The summed E-state index contributed by atoms with van der Waals surface area (Å²) in [6, 6.07) is 7.93. The monoisotopic (exact) mass is 317 g/mol. The molecule has 1 aromatic carbocycles. The highest BCUT2D eigenvalue weighted by molar-refractivity contribution is 6.30. The molecule has 1 aromatic rings. The van der Waals surface area contributed by atoms with E-state index in [-0.39, 0.29) is 0 Å². The van der Waals surface area contributed by atoms with E-state index in [2.05, 4.69) is 16.1 Å². The summed E-state index contributed by atoms with van der Waals surface area (Å²) in [5.41, 5.74) is 4.98. The van der Waals surface area contributed by atoms with Crippen LogP contribution in [0.15, 0.2) is 46.2 Å². The minimum atomic E-state index is 0.758. The summed E-state index contributed by atoms with van der Waals surface area (Å²) in [6.45, 7) is 3.36. The number of hydrazone groups is 1. The molecule has 4 nitrogen and oxygen atoms in total. The summed E-state index contributed by atoms with van der Waals surface area (Å²) < 4.78 is 5.46. The first-order valence-electron chi connectivity index (χ1n) is 7.53. The molecule has 1 aliphatic carbocycles. The number of nitrogens with two attached hydrogens (primary N) is 1. The van der Waals surface area contributed by atoms with E-state index in [4.69, 9.17) is 22.2 Å². The van der Waals surface area contributed by atoms with Crippen molar-refractivity contribution in [1.82, 2.24) is 4.90 Å². The topological polar surface area (TPSA) is 50.8 Å². The number of halogens is 1. The summed E-state index contributed by atoms with van der Waals surface area (Å²) >= 11 is 5.96. The number of benzene rings is 1. The fraction of sp³-hybridized carbons (Fsp3) is 0.353. The molecule has 0 unspecified atom stereocenters. The SMILES string of the molecule is N/N=C/C1=C(N2CCOCC2)C(=C\c2ccc(Cl)cc2)/CC1. The van der Waals surface area contributed by atoms with Gasteiger partial charge in [0.05, 0.1) is 19.4 Å². The first kappa shape index (κ1) is 15.1. The fourth-order valence-corrected chi connectivity index (χ4v) is 3.15. The number of rotatable bonds is 3. The zero-order valence-electron chi connectivity index (χ0n) is 12.5. The molecule has 1 heterocycles. The molecule has 1 saturated heterocycles. The number of ether oxygens (including phenoxy) is 1. The summed E-state index contributed by atoms with van der Waals surface area (Å²) in [7, 11) is 0. The molecule has 0 radical (unpaired) electrons. The predicted octanol–water partition coefficient (Wildman–Crippen LogP) is 3.05. The van der Waals surface area contributed by atoms with Crippen molar-refractivity contribution in [3.05, 3.63) is 51.7 Å². The van der Waals surface area contributed by atoms with Crippen molar-refractivity contribution in [1.29, 1.82) is 0 Å². The average molecular weight is 318 g/mol. The van der Waals surface area contributed by atoms with Gasteiger partial charge in [-0.15, -0.1) is 0 Å². The Kier molecular flexibility index (Phi) is 4.80. The molecule has 3 rings (SSSR count). The molecule has 0 bridgehead atoms. The smallest absolute Gasteiger partial charge is 0.0642 e. The lowest BCUT2D eigenvalue weighted by Gasteiger charge is -2.31. The van der Waals surface area contributed by atoms with Gasteiger partial charge in [-0.1, -0.05) is 23.7 Å². The number of hydrogen-bond acceptors (Lipinski definition) is 4. The normalized spacial score (nSPS) is 21.3. The van der Waals surface area contributed by atoms with Gasteiger partial charge in [-0.25, -0.2) is 0 Å². The Morgan fingerprint density at radius 1 is 1.14 bits per heavy atom. The zero-order chi connectivity index (χ0) is 15.4. The van der Waals surface area contributed by atoms with E-state index in [1.54, 1.807) is 6.21 Å². The fourth-order valence-electron chi connectivity index (χ4n) is 3.02. The van der Waals surface area contributed by atoms with E-state index in [0.29, 0.717) is 0 Å². The molecule has 0 amide bonds. The summed E-state index contributed by atoms with van der Waals surface area (Å²) in [5.74, 6) is 5.37. The van der Waals surface area contributed by atoms with Crippen LogP contribution < -0.4 is 5.84 Å². The van der Waals surface area contributed by atoms with Crippen molar-refractivity contribution < 1.29 is 4.74 Å². The van der Waals surface area contributed by atoms with Crippen LogP contribution in [-0.4, -0.2) is 37.4 Å². The highest BCUT2D eigenvalue weighted by Gasteiger charge is 2.25. The average Bonchev–Trinajstić information content (AvgIpc) is 2.93. The van der Waals surface area contributed by atoms with Crippen LogP contribution in [-0.2, 0) is 4.74 Å². The summed E-state index contributed by atoms with van der Waals surface area (Å²) in [6.07, 6.45) is 6.01. The molecule has 5 heteroatoms. The molecule has 116 valence electrons. The van der Waals surface area contributed by atoms with E-state index in [0.717, 1.165) is 49.7 Å². The van der Waals surface area contributed by atoms with Crippen LogP contribution in [0.25, 0.3) is 6.08 Å². The third-order valence-corrected chi connectivity index (χ3v) is 4.29. The van der Waals surface area contributed by atoms with Gasteiger partial charge in [0.1, 0.15) is 0 Å². The molecule has 0 saturated carbocycles. The lowest BCUT2D eigenvalue weighted by atomic mass is 10.1. The number of morpholine rings is 1. The molecule has 22 heavy (non-hydrogen) atoms. The molecule has 2 N–H and O–H groups in total. The van der Waals surface area contributed by atoms with Gasteiger partial charge in [0.25, 0.3) is 0 Å². The van der Waals surface area contributed by atoms with Gasteiger partial charge in [-0.2, -0.15) is 5.10 Å². The summed E-state index contributed by atoms with van der Waals surface area (Å²) in [5, 5.41) is 4.49. The van der Waals surface area contributed by atoms with Crippen molar-refractivity contribution >= 4 is 23.9 Å². The third-order valence-electron chi connectivity index (χ3n) is 4.04.